The van der Waals surface area contributed by atoms with Crippen molar-refractivity contribution in [2.45, 2.75) is 17.3 Å². The van der Waals surface area contributed by atoms with Gasteiger partial charge in [-0.15, -0.1) is 0 Å². The lowest BCUT2D eigenvalue weighted by molar-refractivity contribution is -0.141. The van der Waals surface area contributed by atoms with E-state index in [1.807, 2.05) is 0 Å². The first-order valence-electron chi connectivity index (χ1n) is 5.38. The molecule has 0 atom stereocenters. The quantitative estimate of drug-likeness (QED) is 0.894. The normalized spacial score (nSPS) is 12.4. The number of halogens is 3. The molecule has 0 fully saturated rings. The number of aryl methyl sites for hydroxylation is 1. The second kappa shape index (κ2) is 5.15. The predicted octanol–water partition coefficient (Wildman–Crippen LogP) is 2.25. The van der Waals surface area contributed by atoms with Crippen molar-refractivity contribution in [2.24, 2.45) is 0 Å². The Balaban J connectivity index is 2.27. The Morgan fingerprint density at radius 2 is 2.00 bits per heavy atom. The largest absolute Gasteiger partial charge is 0.433 e. The molecule has 0 saturated heterocycles. The summed E-state index contributed by atoms with van der Waals surface area (Å²) in [4.78, 5) is 6.94. The highest BCUT2D eigenvalue weighted by Crippen LogP contribution is 2.29. The summed E-state index contributed by atoms with van der Waals surface area (Å²) < 4.78 is 63.2. The monoisotopic (exact) mass is 338 g/mol. The van der Waals surface area contributed by atoms with Crippen molar-refractivity contribution in [2.75, 3.05) is 10.5 Å². The summed E-state index contributed by atoms with van der Waals surface area (Å²) >= 11 is 0.764. The lowest BCUT2D eigenvalue weighted by atomic mass is 10.3. The molecular formula is C10H9F3N4O2S2. The van der Waals surface area contributed by atoms with Crippen LogP contribution in [0.3, 0.4) is 0 Å². The van der Waals surface area contributed by atoms with E-state index in [0.717, 1.165) is 23.6 Å². The zero-order chi connectivity index (χ0) is 15.8. The minimum atomic E-state index is -4.58. The van der Waals surface area contributed by atoms with Crippen LogP contribution >= 0.6 is 11.3 Å². The highest BCUT2D eigenvalue weighted by atomic mass is 32.2. The molecule has 11 heteroatoms. The van der Waals surface area contributed by atoms with E-state index >= 15 is 0 Å². The van der Waals surface area contributed by atoms with Gasteiger partial charge in [0.25, 0.3) is 10.0 Å². The Kier molecular flexibility index (Phi) is 3.80. The number of rotatable bonds is 3. The Labute approximate surface area is 121 Å². The fourth-order valence-electron chi connectivity index (χ4n) is 1.48. The van der Waals surface area contributed by atoms with Gasteiger partial charge < -0.3 is 5.73 Å². The molecule has 6 nitrogen and oxygen atoms in total. The SMILES string of the molecule is Cc1nc(N)sc1S(=O)(=O)Nc1ccc(C(F)(F)F)nc1. The Bertz CT molecular complexity index is 754. The molecule has 0 bridgehead atoms. The van der Waals surface area contributed by atoms with Gasteiger partial charge in [0.1, 0.15) is 5.69 Å². The number of sulfonamides is 1. The number of nitrogens with two attached hydrogens (primary N) is 1. The molecule has 0 radical (unpaired) electrons. The summed E-state index contributed by atoms with van der Waals surface area (Å²) in [6.07, 6.45) is -3.79. The number of pyridine rings is 1. The van der Waals surface area contributed by atoms with Crippen molar-refractivity contribution in [1.82, 2.24) is 9.97 Å². The minimum absolute atomic E-state index is 0.0819. The average Bonchev–Trinajstić information content (AvgIpc) is 2.68. The average molecular weight is 338 g/mol. The second-order valence-corrected chi connectivity index (χ2v) is 6.87. The molecule has 0 amide bonds. The molecule has 2 aromatic rings. The van der Waals surface area contributed by atoms with Crippen LogP contribution in [0.15, 0.2) is 22.5 Å². The smallest absolute Gasteiger partial charge is 0.375 e. The van der Waals surface area contributed by atoms with E-state index in [9.17, 15) is 21.6 Å². The van der Waals surface area contributed by atoms with E-state index in [2.05, 4.69) is 14.7 Å². The van der Waals surface area contributed by atoms with Crippen LogP contribution in [0, 0.1) is 6.92 Å². The third kappa shape index (κ3) is 3.42. The molecule has 0 aliphatic rings. The summed E-state index contributed by atoms with van der Waals surface area (Å²) in [6.45, 7) is 1.46. The highest BCUT2D eigenvalue weighted by molar-refractivity contribution is 7.94. The van der Waals surface area contributed by atoms with E-state index in [1.54, 1.807) is 0 Å². The van der Waals surface area contributed by atoms with Crippen molar-refractivity contribution < 1.29 is 21.6 Å². The van der Waals surface area contributed by atoms with E-state index in [4.69, 9.17) is 5.73 Å². The molecule has 114 valence electrons. The van der Waals surface area contributed by atoms with Gasteiger partial charge in [0, 0.05) is 0 Å². The van der Waals surface area contributed by atoms with Crippen LogP contribution in [0.1, 0.15) is 11.4 Å². The van der Waals surface area contributed by atoms with Crippen molar-refractivity contribution in [3.05, 3.63) is 29.7 Å². The summed E-state index contributed by atoms with van der Waals surface area (Å²) in [6, 6.07) is 1.67. The van der Waals surface area contributed by atoms with Crippen LogP contribution in [0.5, 0.6) is 0 Å². The molecule has 2 rings (SSSR count). The van der Waals surface area contributed by atoms with Crippen LogP contribution in [-0.4, -0.2) is 18.4 Å². The van der Waals surface area contributed by atoms with Gasteiger partial charge >= 0.3 is 6.18 Å². The maximum absolute atomic E-state index is 12.4. The number of anilines is 2. The van der Waals surface area contributed by atoms with Crippen molar-refractivity contribution in [1.29, 1.82) is 0 Å². The molecule has 2 heterocycles. The molecule has 0 aliphatic heterocycles. The lowest BCUT2D eigenvalue weighted by Gasteiger charge is -2.08. The summed E-state index contributed by atoms with van der Waals surface area (Å²) in [7, 11) is -3.97. The molecule has 0 spiro atoms. The fourth-order valence-corrected chi connectivity index (χ4v) is 3.82. The first kappa shape index (κ1) is 15.5. The number of hydrogen-bond acceptors (Lipinski definition) is 6. The molecule has 21 heavy (non-hydrogen) atoms. The lowest BCUT2D eigenvalue weighted by Crippen LogP contribution is -2.14. The van der Waals surface area contributed by atoms with Gasteiger partial charge in [-0.05, 0) is 19.1 Å². The van der Waals surface area contributed by atoms with Gasteiger partial charge in [-0.2, -0.15) is 13.2 Å². The Hall–Kier alpha value is -1.88. The zero-order valence-corrected chi connectivity index (χ0v) is 12.1. The number of aromatic nitrogens is 2. The molecule has 0 aromatic carbocycles. The topological polar surface area (TPSA) is 98.0 Å². The van der Waals surface area contributed by atoms with Crippen LogP contribution in [0.4, 0.5) is 24.0 Å². The van der Waals surface area contributed by atoms with Gasteiger partial charge in [0.05, 0.1) is 17.6 Å². The summed E-state index contributed by atoms with van der Waals surface area (Å²) in [5.41, 5.74) is 4.43. The van der Waals surface area contributed by atoms with Crippen molar-refractivity contribution in [3.8, 4) is 0 Å². The number of nitrogens with one attached hydrogen (secondary N) is 1. The number of nitrogens with zero attached hydrogens (tertiary/aromatic N) is 2. The van der Waals surface area contributed by atoms with Crippen LogP contribution in [0.2, 0.25) is 0 Å². The molecular weight excluding hydrogens is 329 g/mol. The Morgan fingerprint density at radius 3 is 2.43 bits per heavy atom. The Morgan fingerprint density at radius 1 is 1.33 bits per heavy atom. The first-order chi connectivity index (χ1) is 9.59. The predicted molar refractivity (Wildman–Crippen MR) is 71.3 cm³/mol. The summed E-state index contributed by atoms with van der Waals surface area (Å²) in [5.74, 6) is 0. The molecule has 0 aliphatic carbocycles. The standard InChI is InChI=1S/C10H9F3N4O2S2/c1-5-8(20-9(14)16-5)21(18,19)17-6-2-3-7(15-4-6)10(11,12)13/h2-4,17H,1H3,(H2,14,16). The minimum Gasteiger partial charge on any atom is -0.375 e. The number of nitrogen functional groups attached to an aromatic ring is 1. The van der Waals surface area contributed by atoms with E-state index in [1.165, 1.54) is 6.92 Å². The summed E-state index contributed by atoms with van der Waals surface area (Å²) in [5, 5.41) is 0.0819. The first-order valence-corrected chi connectivity index (χ1v) is 7.68. The van der Waals surface area contributed by atoms with E-state index in [0.29, 0.717) is 6.07 Å². The van der Waals surface area contributed by atoms with Gasteiger partial charge in [-0.25, -0.2) is 18.4 Å². The number of thiazole rings is 1. The third-order valence-electron chi connectivity index (χ3n) is 2.32. The van der Waals surface area contributed by atoms with Crippen LogP contribution in [0.25, 0.3) is 0 Å². The van der Waals surface area contributed by atoms with Gasteiger partial charge in [0.15, 0.2) is 9.34 Å². The van der Waals surface area contributed by atoms with Crippen LogP contribution in [-0.2, 0) is 16.2 Å². The van der Waals surface area contributed by atoms with Gasteiger partial charge in [-0.1, -0.05) is 11.3 Å². The van der Waals surface area contributed by atoms with Gasteiger partial charge in [0.2, 0.25) is 0 Å². The van der Waals surface area contributed by atoms with Gasteiger partial charge in [-0.3, -0.25) is 4.72 Å². The maximum atomic E-state index is 12.4. The zero-order valence-electron chi connectivity index (χ0n) is 10.5. The van der Waals surface area contributed by atoms with Crippen molar-refractivity contribution in [3.63, 3.8) is 0 Å². The molecule has 0 unspecified atom stereocenters. The third-order valence-corrected chi connectivity index (χ3v) is 5.30. The van der Waals surface area contributed by atoms with E-state index < -0.39 is 21.9 Å². The second-order valence-electron chi connectivity index (χ2n) is 3.96. The van der Waals surface area contributed by atoms with E-state index in [-0.39, 0.29) is 20.7 Å². The number of alkyl halides is 3. The number of hydrogen-bond donors (Lipinski definition) is 2. The molecule has 2 aromatic heterocycles. The molecule has 3 N–H and O–H groups in total. The van der Waals surface area contributed by atoms with Crippen molar-refractivity contribution >= 4 is 32.2 Å². The maximum Gasteiger partial charge on any atom is 0.433 e. The highest BCUT2D eigenvalue weighted by Gasteiger charge is 2.32. The molecule has 0 saturated carbocycles. The fraction of sp³-hybridized carbons (Fsp3) is 0.200. The van der Waals surface area contributed by atoms with Crippen LogP contribution < -0.4 is 10.5 Å².